The monoisotopic (exact) mass is 349 g/mol. The fourth-order valence-electron chi connectivity index (χ4n) is 3.30. The van der Waals surface area contributed by atoms with Crippen molar-refractivity contribution < 1.29 is 15.0 Å². The molecule has 1 heterocycles. The van der Waals surface area contributed by atoms with E-state index in [2.05, 4.69) is 5.32 Å². The summed E-state index contributed by atoms with van der Waals surface area (Å²) in [4.78, 5) is 14.5. The van der Waals surface area contributed by atoms with Crippen molar-refractivity contribution in [3.05, 3.63) is 35.9 Å². The highest BCUT2D eigenvalue weighted by molar-refractivity contribution is 5.82. The van der Waals surface area contributed by atoms with Gasteiger partial charge >= 0.3 is 0 Å². The summed E-state index contributed by atoms with van der Waals surface area (Å²) in [6.07, 6.45) is -0.359. The van der Waals surface area contributed by atoms with E-state index in [0.717, 1.165) is 5.56 Å². The Hall–Kier alpha value is -1.47. The Labute approximate surface area is 150 Å². The first kappa shape index (κ1) is 19.8. The zero-order valence-corrected chi connectivity index (χ0v) is 15.4. The van der Waals surface area contributed by atoms with Crippen molar-refractivity contribution in [1.82, 2.24) is 10.2 Å². The Balaban J connectivity index is 1.86. The van der Waals surface area contributed by atoms with Crippen molar-refractivity contribution >= 4 is 5.91 Å². The van der Waals surface area contributed by atoms with Crippen LogP contribution >= 0.6 is 0 Å². The molecule has 0 saturated carbocycles. The summed E-state index contributed by atoms with van der Waals surface area (Å²) in [5.74, 6) is -0.169. The van der Waals surface area contributed by atoms with Crippen LogP contribution in [0.1, 0.15) is 32.8 Å². The largest absolute Gasteiger partial charge is 0.392 e. The molecule has 4 atom stereocenters. The second kappa shape index (κ2) is 8.27. The summed E-state index contributed by atoms with van der Waals surface area (Å²) in [6, 6.07) is 8.90. The molecule has 6 nitrogen and oxygen atoms in total. The van der Waals surface area contributed by atoms with Crippen molar-refractivity contribution in [2.24, 2.45) is 5.73 Å². The van der Waals surface area contributed by atoms with Crippen molar-refractivity contribution in [2.45, 2.75) is 63.4 Å². The minimum atomic E-state index is -0.821. The highest BCUT2D eigenvalue weighted by Gasteiger charge is 2.41. The molecule has 1 aromatic carbocycles. The summed E-state index contributed by atoms with van der Waals surface area (Å²) in [7, 11) is 0. The molecular weight excluding hydrogens is 318 g/mol. The van der Waals surface area contributed by atoms with E-state index in [1.54, 1.807) is 0 Å². The molecule has 0 radical (unpaired) electrons. The van der Waals surface area contributed by atoms with E-state index in [1.165, 1.54) is 0 Å². The number of benzene rings is 1. The highest BCUT2D eigenvalue weighted by Crippen LogP contribution is 2.26. The lowest BCUT2D eigenvalue weighted by molar-refractivity contribution is -0.127. The third-order valence-corrected chi connectivity index (χ3v) is 4.74. The number of nitrogens with one attached hydrogen (secondary N) is 1. The number of nitrogens with zero attached hydrogens (tertiary/aromatic N) is 1. The number of aliphatic hydroxyl groups excluding tert-OH is 2. The first-order valence-electron chi connectivity index (χ1n) is 8.88. The maximum atomic E-state index is 12.5. The maximum absolute atomic E-state index is 12.5. The molecule has 25 heavy (non-hydrogen) atoms. The summed E-state index contributed by atoms with van der Waals surface area (Å²) < 4.78 is 0. The summed E-state index contributed by atoms with van der Waals surface area (Å²) >= 11 is 0. The zero-order chi connectivity index (χ0) is 18.6. The molecule has 0 aromatic heterocycles. The van der Waals surface area contributed by atoms with Crippen molar-refractivity contribution in [3.8, 4) is 0 Å². The molecular formula is C19H31N3O3. The van der Waals surface area contributed by atoms with Crippen LogP contribution in [0.4, 0.5) is 0 Å². The molecule has 6 heteroatoms. The topological polar surface area (TPSA) is 98.8 Å². The van der Waals surface area contributed by atoms with E-state index in [0.29, 0.717) is 19.4 Å². The van der Waals surface area contributed by atoms with Gasteiger partial charge in [0.1, 0.15) is 0 Å². The number of carbonyl (C=O) groups is 1. The molecule has 140 valence electrons. The number of carbonyl (C=O) groups excluding carboxylic acids is 1. The fourth-order valence-corrected chi connectivity index (χ4v) is 3.30. The van der Waals surface area contributed by atoms with Gasteiger partial charge in [0, 0.05) is 24.7 Å². The van der Waals surface area contributed by atoms with E-state index in [4.69, 9.17) is 5.73 Å². The van der Waals surface area contributed by atoms with Crippen LogP contribution in [-0.2, 0) is 11.2 Å². The zero-order valence-electron chi connectivity index (χ0n) is 15.4. The number of hydrogen-bond donors (Lipinski definition) is 4. The number of rotatable bonds is 6. The van der Waals surface area contributed by atoms with Crippen LogP contribution in [0.3, 0.4) is 0 Å². The van der Waals surface area contributed by atoms with E-state index in [9.17, 15) is 15.0 Å². The Morgan fingerprint density at radius 1 is 1.36 bits per heavy atom. The number of likely N-dealkylation sites (tertiary alicyclic amines) is 1. The molecule has 1 aliphatic heterocycles. The smallest absolute Gasteiger partial charge is 0.237 e. The number of nitrogens with two attached hydrogens (primary N) is 1. The molecule has 1 fully saturated rings. The van der Waals surface area contributed by atoms with Gasteiger partial charge in [-0.1, -0.05) is 30.3 Å². The van der Waals surface area contributed by atoms with Crippen molar-refractivity contribution in [3.63, 3.8) is 0 Å². The number of hydrogen-bond acceptors (Lipinski definition) is 5. The molecule has 1 aliphatic rings. The lowest BCUT2D eigenvalue weighted by Crippen LogP contribution is -2.53. The Kier molecular flexibility index (Phi) is 6.57. The molecule has 2 rings (SSSR count). The van der Waals surface area contributed by atoms with Gasteiger partial charge in [-0.25, -0.2) is 0 Å². The van der Waals surface area contributed by atoms with Gasteiger partial charge in [0.05, 0.1) is 18.2 Å². The first-order chi connectivity index (χ1) is 11.7. The molecule has 0 spiro atoms. The normalized spacial score (nSPS) is 24.1. The quantitative estimate of drug-likeness (QED) is 0.591. The van der Waals surface area contributed by atoms with Crippen LogP contribution in [-0.4, -0.2) is 63.9 Å². The lowest BCUT2D eigenvalue weighted by Gasteiger charge is -2.36. The minimum Gasteiger partial charge on any atom is -0.392 e. The van der Waals surface area contributed by atoms with Gasteiger partial charge in [0.15, 0.2) is 0 Å². The molecule has 0 unspecified atom stereocenters. The van der Waals surface area contributed by atoms with E-state index in [1.807, 2.05) is 56.0 Å². The molecule has 1 aromatic rings. The van der Waals surface area contributed by atoms with Gasteiger partial charge in [-0.05, 0) is 39.2 Å². The van der Waals surface area contributed by atoms with Crippen molar-refractivity contribution in [2.75, 3.05) is 13.1 Å². The number of amides is 1. The van der Waals surface area contributed by atoms with E-state index < -0.39 is 18.2 Å². The van der Waals surface area contributed by atoms with Crippen LogP contribution in [0.2, 0.25) is 0 Å². The van der Waals surface area contributed by atoms with Gasteiger partial charge in [-0.15, -0.1) is 0 Å². The van der Waals surface area contributed by atoms with Gasteiger partial charge in [0.2, 0.25) is 5.91 Å². The number of β-amino-alcohol motifs (C(OH)–C–C–N with tert-alkyl or cyclic N) is 1. The second-order valence-electron chi connectivity index (χ2n) is 7.89. The number of aliphatic hydroxyl groups is 2. The Morgan fingerprint density at radius 3 is 2.60 bits per heavy atom. The highest BCUT2D eigenvalue weighted by atomic mass is 16.3. The fraction of sp³-hybridized carbons (Fsp3) is 0.632. The van der Waals surface area contributed by atoms with Crippen molar-refractivity contribution in [1.29, 1.82) is 0 Å². The Bertz CT molecular complexity index is 559. The summed E-state index contributed by atoms with van der Waals surface area (Å²) in [6.45, 7) is 6.66. The maximum Gasteiger partial charge on any atom is 0.237 e. The minimum absolute atomic E-state index is 0.109. The average Bonchev–Trinajstić information content (AvgIpc) is 2.95. The van der Waals surface area contributed by atoms with Gasteiger partial charge < -0.3 is 21.3 Å². The van der Waals surface area contributed by atoms with Crippen LogP contribution in [0.15, 0.2) is 30.3 Å². The molecule has 1 saturated heterocycles. The summed E-state index contributed by atoms with van der Waals surface area (Å²) in [5.41, 5.74) is 6.90. The third-order valence-electron chi connectivity index (χ3n) is 4.74. The average molecular weight is 349 g/mol. The van der Waals surface area contributed by atoms with Crippen LogP contribution in [0, 0.1) is 0 Å². The predicted octanol–water partition coefficient (Wildman–Crippen LogP) is 0.267. The molecule has 1 amide bonds. The van der Waals surface area contributed by atoms with E-state index >= 15 is 0 Å². The SMILES string of the molecule is CC(C)(C)N1C[C@H](O)C[C@H]1C(=O)NC[C@@H](O)[C@@H](N)Cc1ccccc1. The van der Waals surface area contributed by atoms with Gasteiger partial charge in [0.25, 0.3) is 0 Å². The van der Waals surface area contributed by atoms with Gasteiger partial charge in [-0.3, -0.25) is 9.69 Å². The van der Waals surface area contributed by atoms with Crippen LogP contribution in [0.5, 0.6) is 0 Å². The van der Waals surface area contributed by atoms with Crippen LogP contribution < -0.4 is 11.1 Å². The third kappa shape index (κ3) is 5.51. The van der Waals surface area contributed by atoms with E-state index in [-0.39, 0.29) is 24.0 Å². The summed E-state index contributed by atoms with van der Waals surface area (Å²) in [5, 5.41) is 23.0. The molecule has 0 aliphatic carbocycles. The molecule has 0 bridgehead atoms. The standard InChI is InChI=1S/C19H31N3O3/c1-19(2,3)22-12-14(23)10-16(22)18(25)21-11-17(24)15(20)9-13-7-5-4-6-8-13/h4-8,14-17,23-24H,9-12,20H2,1-3H3,(H,21,25)/t14-,15+,16+,17-/m1/s1. The van der Waals surface area contributed by atoms with Gasteiger partial charge in [-0.2, -0.15) is 0 Å². The first-order valence-corrected chi connectivity index (χ1v) is 8.88. The second-order valence-corrected chi connectivity index (χ2v) is 7.89. The lowest BCUT2D eigenvalue weighted by atomic mass is 10.0. The predicted molar refractivity (Wildman–Crippen MR) is 98.0 cm³/mol. The van der Waals surface area contributed by atoms with Crippen LogP contribution in [0.25, 0.3) is 0 Å². The Morgan fingerprint density at radius 2 is 2.00 bits per heavy atom. The molecule has 5 N–H and O–H groups in total.